The Hall–Kier alpha value is -1.42. The number of halogens is 1. The highest BCUT2D eigenvalue weighted by Gasteiger charge is 2.13. The van der Waals surface area contributed by atoms with E-state index in [0.717, 1.165) is 17.5 Å². The molecule has 0 unspecified atom stereocenters. The second-order valence-corrected chi connectivity index (χ2v) is 4.84. The molecule has 0 saturated heterocycles. The number of carbonyl (C=O) groups is 1. The lowest BCUT2D eigenvalue weighted by Gasteiger charge is -2.00. The van der Waals surface area contributed by atoms with Crippen LogP contribution in [0, 0.1) is 5.82 Å². The second-order valence-electron chi connectivity index (χ2n) is 3.75. The fourth-order valence-corrected chi connectivity index (χ4v) is 2.48. The predicted molar refractivity (Wildman–Crippen MR) is 67.0 cm³/mol. The van der Waals surface area contributed by atoms with Crippen molar-refractivity contribution < 1.29 is 13.9 Å². The first-order chi connectivity index (χ1) is 8.22. The van der Waals surface area contributed by atoms with E-state index < -0.39 is 0 Å². The quantitative estimate of drug-likeness (QED) is 0.607. The van der Waals surface area contributed by atoms with Crippen molar-refractivity contribution in [2.75, 3.05) is 6.61 Å². The summed E-state index contributed by atoms with van der Waals surface area (Å²) in [6, 6.07) is 6.39. The fraction of sp³-hybridized carbons (Fsp3) is 0.308. The first-order valence-corrected chi connectivity index (χ1v) is 6.39. The smallest absolute Gasteiger partial charge is 0.348 e. The van der Waals surface area contributed by atoms with Gasteiger partial charge in [-0.15, -0.1) is 11.3 Å². The van der Waals surface area contributed by atoms with Gasteiger partial charge in [0.15, 0.2) is 0 Å². The maximum absolute atomic E-state index is 13.4. The minimum Gasteiger partial charge on any atom is -0.462 e. The van der Waals surface area contributed by atoms with E-state index in [4.69, 9.17) is 4.74 Å². The maximum atomic E-state index is 13.4. The van der Waals surface area contributed by atoms with E-state index in [0.29, 0.717) is 16.9 Å². The van der Waals surface area contributed by atoms with Gasteiger partial charge in [-0.05, 0) is 24.6 Å². The highest BCUT2D eigenvalue weighted by atomic mass is 32.1. The summed E-state index contributed by atoms with van der Waals surface area (Å²) < 4.78 is 19.3. The molecule has 0 fully saturated rings. The number of fused-ring (bicyclic) bond motifs is 1. The molecule has 0 atom stereocenters. The van der Waals surface area contributed by atoms with Gasteiger partial charge in [0.2, 0.25) is 0 Å². The number of carbonyl (C=O) groups excluding carboxylic acids is 1. The van der Waals surface area contributed by atoms with Crippen LogP contribution in [0.4, 0.5) is 4.39 Å². The van der Waals surface area contributed by atoms with E-state index in [2.05, 4.69) is 0 Å². The molecule has 0 aliphatic carbocycles. The van der Waals surface area contributed by atoms with E-state index in [9.17, 15) is 9.18 Å². The summed E-state index contributed by atoms with van der Waals surface area (Å²) >= 11 is 1.26. The number of hydrogen-bond donors (Lipinski definition) is 0. The van der Waals surface area contributed by atoms with Crippen LogP contribution in [0.15, 0.2) is 24.3 Å². The van der Waals surface area contributed by atoms with Crippen molar-refractivity contribution >= 4 is 27.4 Å². The molecule has 0 aliphatic rings. The summed E-state index contributed by atoms with van der Waals surface area (Å²) in [4.78, 5) is 12.1. The van der Waals surface area contributed by atoms with Crippen molar-refractivity contribution in [1.29, 1.82) is 0 Å². The van der Waals surface area contributed by atoms with Gasteiger partial charge in [-0.25, -0.2) is 9.18 Å². The summed E-state index contributed by atoms with van der Waals surface area (Å²) in [5, 5.41) is 0.486. The minimum absolute atomic E-state index is 0.300. The fourth-order valence-electron chi connectivity index (χ4n) is 1.51. The molecule has 1 heterocycles. The van der Waals surface area contributed by atoms with Crippen LogP contribution >= 0.6 is 11.3 Å². The summed E-state index contributed by atoms with van der Waals surface area (Å²) in [6.45, 7) is 2.45. The van der Waals surface area contributed by atoms with Crippen molar-refractivity contribution in [1.82, 2.24) is 0 Å². The first-order valence-electron chi connectivity index (χ1n) is 5.57. The van der Waals surface area contributed by atoms with E-state index >= 15 is 0 Å². The van der Waals surface area contributed by atoms with Crippen LogP contribution in [0.5, 0.6) is 0 Å². The molecule has 0 radical (unpaired) electrons. The molecule has 0 N–H and O–H groups in total. The summed E-state index contributed by atoms with van der Waals surface area (Å²) in [7, 11) is 0. The Labute approximate surface area is 103 Å². The van der Waals surface area contributed by atoms with Crippen LogP contribution < -0.4 is 0 Å². The Bertz CT molecular complexity index is 533. The van der Waals surface area contributed by atoms with Gasteiger partial charge < -0.3 is 4.74 Å². The molecule has 0 amide bonds. The third-order valence-corrected chi connectivity index (χ3v) is 3.52. The lowest BCUT2D eigenvalue weighted by atomic mass is 10.2. The van der Waals surface area contributed by atoms with Crippen molar-refractivity contribution in [3.05, 3.63) is 35.0 Å². The third kappa shape index (κ3) is 2.64. The summed E-state index contributed by atoms with van der Waals surface area (Å²) in [5.41, 5.74) is 0. The Morgan fingerprint density at radius 2 is 2.29 bits per heavy atom. The topological polar surface area (TPSA) is 26.3 Å². The zero-order valence-electron chi connectivity index (χ0n) is 9.53. The molecule has 1 aromatic heterocycles. The molecule has 0 saturated carbocycles. The number of hydrogen-bond acceptors (Lipinski definition) is 3. The zero-order valence-corrected chi connectivity index (χ0v) is 10.3. The average molecular weight is 252 g/mol. The van der Waals surface area contributed by atoms with Gasteiger partial charge in [-0.3, -0.25) is 0 Å². The molecule has 1 aromatic carbocycles. The number of esters is 1. The Balaban J connectivity index is 2.19. The maximum Gasteiger partial charge on any atom is 0.348 e. The van der Waals surface area contributed by atoms with Crippen LogP contribution in [0.2, 0.25) is 0 Å². The number of unbranched alkanes of at least 4 members (excludes halogenated alkanes) is 1. The Kier molecular flexibility index (Phi) is 3.74. The third-order valence-electron chi connectivity index (χ3n) is 2.44. The summed E-state index contributed by atoms with van der Waals surface area (Å²) in [6.07, 6.45) is 1.83. The molecule has 4 heteroatoms. The van der Waals surface area contributed by atoms with Crippen LogP contribution in [-0.2, 0) is 4.74 Å². The highest BCUT2D eigenvalue weighted by Crippen LogP contribution is 2.28. The number of thiophene rings is 1. The van der Waals surface area contributed by atoms with Crippen molar-refractivity contribution in [3.8, 4) is 0 Å². The molecule has 17 heavy (non-hydrogen) atoms. The monoisotopic (exact) mass is 252 g/mol. The SMILES string of the molecule is CCCCOC(=O)c1cc2c(F)cccc2s1. The molecule has 2 rings (SSSR count). The number of ether oxygens (including phenoxy) is 1. The molecule has 0 aliphatic heterocycles. The molecular formula is C13H13FO2S. The summed E-state index contributed by atoms with van der Waals surface area (Å²) in [5.74, 6) is -0.662. The van der Waals surface area contributed by atoms with Crippen molar-refractivity contribution in [3.63, 3.8) is 0 Å². The molecule has 2 aromatic rings. The second kappa shape index (κ2) is 5.27. The van der Waals surface area contributed by atoms with Crippen molar-refractivity contribution in [2.24, 2.45) is 0 Å². The van der Waals surface area contributed by atoms with Gasteiger partial charge in [0.25, 0.3) is 0 Å². The molecule has 0 bridgehead atoms. The van der Waals surface area contributed by atoms with Gasteiger partial charge in [0, 0.05) is 10.1 Å². The van der Waals surface area contributed by atoms with Gasteiger partial charge in [0.05, 0.1) is 6.61 Å². The molecule has 2 nitrogen and oxygen atoms in total. The number of benzene rings is 1. The van der Waals surface area contributed by atoms with Crippen LogP contribution in [-0.4, -0.2) is 12.6 Å². The lowest BCUT2D eigenvalue weighted by Crippen LogP contribution is -2.03. The van der Waals surface area contributed by atoms with Crippen molar-refractivity contribution in [2.45, 2.75) is 19.8 Å². The van der Waals surface area contributed by atoms with Gasteiger partial charge >= 0.3 is 5.97 Å². The first kappa shape index (κ1) is 12.0. The van der Waals surface area contributed by atoms with E-state index in [1.807, 2.05) is 6.92 Å². The normalized spacial score (nSPS) is 10.7. The number of rotatable bonds is 4. The van der Waals surface area contributed by atoms with Crippen LogP contribution in [0.1, 0.15) is 29.4 Å². The minimum atomic E-state index is -0.362. The van der Waals surface area contributed by atoms with Crippen LogP contribution in [0.3, 0.4) is 0 Å². The molecule has 0 spiro atoms. The molecule has 90 valence electrons. The Morgan fingerprint density at radius 1 is 1.47 bits per heavy atom. The van der Waals surface area contributed by atoms with Gasteiger partial charge in [-0.1, -0.05) is 19.4 Å². The molecular weight excluding hydrogens is 239 g/mol. The lowest BCUT2D eigenvalue weighted by molar-refractivity contribution is 0.0505. The standard InChI is InChI=1S/C13H13FO2S/c1-2-3-7-16-13(15)12-8-9-10(14)5-4-6-11(9)17-12/h4-6,8H,2-3,7H2,1H3. The van der Waals surface area contributed by atoms with E-state index in [1.165, 1.54) is 17.4 Å². The largest absolute Gasteiger partial charge is 0.462 e. The van der Waals surface area contributed by atoms with Gasteiger partial charge in [0.1, 0.15) is 10.7 Å². The average Bonchev–Trinajstić information content (AvgIpc) is 2.75. The Morgan fingerprint density at radius 3 is 3.00 bits per heavy atom. The zero-order chi connectivity index (χ0) is 12.3. The van der Waals surface area contributed by atoms with Gasteiger partial charge in [-0.2, -0.15) is 0 Å². The van der Waals surface area contributed by atoms with E-state index in [1.54, 1.807) is 18.2 Å². The predicted octanol–water partition coefficient (Wildman–Crippen LogP) is 4.00. The van der Waals surface area contributed by atoms with Crippen LogP contribution in [0.25, 0.3) is 10.1 Å². The van der Waals surface area contributed by atoms with E-state index in [-0.39, 0.29) is 11.8 Å². The highest BCUT2D eigenvalue weighted by molar-refractivity contribution is 7.20.